The van der Waals surface area contributed by atoms with E-state index in [1.165, 1.54) is 12.1 Å². The number of hydrogen-bond acceptors (Lipinski definition) is 3. The summed E-state index contributed by atoms with van der Waals surface area (Å²) in [4.78, 5) is 3.90. The molecule has 0 amide bonds. The van der Waals surface area contributed by atoms with E-state index in [-0.39, 0.29) is 5.75 Å². The molecule has 3 nitrogen and oxygen atoms in total. The third-order valence-electron chi connectivity index (χ3n) is 2.07. The monoisotopic (exact) mass is 204 g/mol. The van der Waals surface area contributed by atoms with Gasteiger partial charge in [-0.05, 0) is 29.8 Å². The van der Waals surface area contributed by atoms with Gasteiger partial charge in [0.25, 0.3) is 0 Å². The molecule has 3 N–H and O–H groups in total. The molecule has 1 aromatic carbocycles. The Morgan fingerprint density at radius 2 is 1.87 bits per heavy atom. The highest BCUT2D eigenvalue weighted by Crippen LogP contribution is 2.24. The van der Waals surface area contributed by atoms with Gasteiger partial charge in [-0.15, -0.1) is 0 Å². The Kier molecular flexibility index (Phi) is 2.25. The maximum Gasteiger partial charge on any atom is 0.165 e. The van der Waals surface area contributed by atoms with Crippen molar-refractivity contribution in [2.24, 2.45) is 0 Å². The number of rotatable bonds is 1. The number of phenolic OH excluding ortho intramolecular Hbond substituents is 1. The molecule has 15 heavy (non-hydrogen) atoms. The van der Waals surface area contributed by atoms with Crippen LogP contribution < -0.4 is 5.73 Å². The van der Waals surface area contributed by atoms with Crippen molar-refractivity contribution in [3.63, 3.8) is 0 Å². The third kappa shape index (κ3) is 1.88. The topological polar surface area (TPSA) is 59.1 Å². The van der Waals surface area contributed by atoms with Crippen LogP contribution in [0.5, 0.6) is 5.75 Å². The summed E-state index contributed by atoms with van der Waals surface area (Å²) in [6.07, 6.45) is 1.56. The number of pyridine rings is 1. The van der Waals surface area contributed by atoms with Crippen molar-refractivity contribution in [3.8, 4) is 16.9 Å². The second-order valence-electron chi connectivity index (χ2n) is 3.14. The molecule has 0 aliphatic rings. The summed E-state index contributed by atoms with van der Waals surface area (Å²) in [6, 6.07) is 7.56. The Labute approximate surface area is 86.0 Å². The number of halogens is 1. The molecule has 2 rings (SSSR count). The number of benzene rings is 1. The molecular weight excluding hydrogens is 195 g/mol. The molecule has 0 bridgehead atoms. The SMILES string of the molecule is Nc1ccc(-c2ccc(O)c(F)c2)cn1. The van der Waals surface area contributed by atoms with Crippen molar-refractivity contribution in [1.29, 1.82) is 0 Å². The van der Waals surface area contributed by atoms with Crippen LogP contribution in [0.4, 0.5) is 10.2 Å². The Balaban J connectivity index is 2.45. The first kappa shape index (κ1) is 9.45. The van der Waals surface area contributed by atoms with Gasteiger partial charge in [-0.3, -0.25) is 0 Å². The molecule has 1 heterocycles. The van der Waals surface area contributed by atoms with Gasteiger partial charge in [0.1, 0.15) is 5.82 Å². The predicted octanol–water partition coefficient (Wildman–Crippen LogP) is 2.18. The fraction of sp³-hybridized carbons (Fsp3) is 0. The molecule has 0 saturated heterocycles. The van der Waals surface area contributed by atoms with Crippen LogP contribution in [0.3, 0.4) is 0 Å². The smallest absolute Gasteiger partial charge is 0.165 e. The van der Waals surface area contributed by atoms with E-state index in [0.717, 1.165) is 5.56 Å². The average molecular weight is 204 g/mol. The molecule has 0 spiro atoms. The molecule has 0 aliphatic heterocycles. The van der Waals surface area contributed by atoms with Gasteiger partial charge < -0.3 is 10.8 Å². The number of nitrogen functional groups attached to an aromatic ring is 1. The van der Waals surface area contributed by atoms with Crippen LogP contribution >= 0.6 is 0 Å². The van der Waals surface area contributed by atoms with Crippen LogP contribution in [-0.2, 0) is 0 Å². The van der Waals surface area contributed by atoms with Crippen LogP contribution in [0.15, 0.2) is 36.5 Å². The Morgan fingerprint density at radius 3 is 2.47 bits per heavy atom. The summed E-state index contributed by atoms with van der Waals surface area (Å²) in [5.74, 6) is -0.593. The van der Waals surface area contributed by atoms with Crippen molar-refractivity contribution < 1.29 is 9.50 Å². The summed E-state index contributed by atoms with van der Waals surface area (Å²) in [6.45, 7) is 0. The Hall–Kier alpha value is -2.10. The standard InChI is InChI=1S/C11H9FN2O/c12-9-5-7(1-3-10(9)15)8-2-4-11(13)14-6-8/h1-6,15H,(H2,13,14). The van der Waals surface area contributed by atoms with E-state index in [4.69, 9.17) is 10.8 Å². The van der Waals surface area contributed by atoms with Crippen molar-refractivity contribution in [1.82, 2.24) is 4.98 Å². The summed E-state index contributed by atoms with van der Waals surface area (Å²) in [7, 11) is 0. The van der Waals surface area contributed by atoms with Gasteiger partial charge in [0.15, 0.2) is 11.6 Å². The van der Waals surface area contributed by atoms with Gasteiger partial charge in [0.05, 0.1) is 0 Å². The fourth-order valence-electron chi connectivity index (χ4n) is 1.26. The number of anilines is 1. The van der Waals surface area contributed by atoms with E-state index in [1.807, 2.05) is 0 Å². The lowest BCUT2D eigenvalue weighted by Gasteiger charge is -2.02. The zero-order chi connectivity index (χ0) is 10.8. The second-order valence-corrected chi connectivity index (χ2v) is 3.14. The lowest BCUT2D eigenvalue weighted by Crippen LogP contribution is -1.89. The molecule has 0 radical (unpaired) electrons. The fourth-order valence-corrected chi connectivity index (χ4v) is 1.26. The summed E-state index contributed by atoms with van der Waals surface area (Å²) in [5.41, 5.74) is 6.84. The predicted molar refractivity (Wildman–Crippen MR) is 55.7 cm³/mol. The molecule has 0 fully saturated rings. The van der Waals surface area contributed by atoms with Gasteiger partial charge in [0, 0.05) is 11.8 Å². The molecule has 0 aliphatic carbocycles. The van der Waals surface area contributed by atoms with Crippen molar-refractivity contribution >= 4 is 5.82 Å². The number of aromatic hydroxyl groups is 1. The van der Waals surface area contributed by atoms with Gasteiger partial charge in [-0.25, -0.2) is 9.37 Å². The van der Waals surface area contributed by atoms with E-state index < -0.39 is 5.82 Å². The zero-order valence-electron chi connectivity index (χ0n) is 7.81. The first-order valence-corrected chi connectivity index (χ1v) is 4.37. The first-order chi connectivity index (χ1) is 7.16. The van der Waals surface area contributed by atoms with Gasteiger partial charge in [0.2, 0.25) is 0 Å². The highest BCUT2D eigenvalue weighted by molar-refractivity contribution is 5.64. The number of hydrogen-bond donors (Lipinski definition) is 2. The van der Waals surface area contributed by atoms with Crippen LogP contribution in [-0.4, -0.2) is 10.1 Å². The van der Waals surface area contributed by atoms with E-state index in [0.29, 0.717) is 11.4 Å². The maximum atomic E-state index is 13.0. The maximum absolute atomic E-state index is 13.0. The number of aromatic nitrogens is 1. The number of nitrogens with two attached hydrogens (primary N) is 1. The number of phenols is 1. The van der Waals surface area contributed by atoms with Crippen molar-refractivity contribution in [3.05, 3.63) is 42.3 Å². The third-order valence-corrected chi connectivity index (χ3v) is 2.07. The zero-order valence-corrected chi connectivity index (χ0v) is 7.81. The lowest BCUT2D eigenvalue weighted by molar-refractivity contribution is 0.432. The highest BCUT2D eigenvalue weighted by Gasteiger charge is 2.03. The van der Waals surface area contributed by atoms with E-state index in [9.17, 15) is 4.39 Å². The lowest BCUT2D eigenvalue weighted by atomic mass is 10.1. The normalized spacial score (nSPS) is 10.2. The van der Waals surface area contributed by atoms with E-state index in [1.54, 1.807) is 24.4 Å². The van der Waals surface area contributed by atoms with Crippen LogP contribution in [0.1, 0.15) is 0 Å². The molecule has 76 valence electrons. The average Bonchev–Trinajstić information content (AvgIpc) is 2.23. The summed E-state index contributed by atoms with van der Waals surface area (Å²) in [5, 5.41) is 9.02. The van der Waals surface area contributed by atoms with Gasteiger partial charge in [-0.1, -0.05) is 6.07 Å². The molecule has 1 aromatic heterocycles. The molecule has 0 atom stereocenters. The van der Waals surface area contributed by atoms with Gasteiger partial charge in [-0.2, -0.15) is 0 Å². The van der Waals surface area contributed by atoms with Crippen LogP contribution in [0.25, 0.3) is 11.1 Å². The molecule has 2 aromatic rings. The minimum atomic E-state index is -0.649. The second kappa shape index (κ2) is 3.57. The molecule has 0 saturated carbocycles. The number of nitrogens with zero attached hydrogens (tertiary/aromatic N) is 1. The Bertz CT molecular complexity index is 482. The van der Waals surface area contributed by atoms with Crippen LogP contribution in [0, 0.1) is 5.82 Å². The largest absolute Gasteiger partial charge is 0.505 e. The van der Waals surface area contributed by atoms with Crippen molar-refractivity contribution in [2.75, 3.05) is 5.73 Å². The summed E-state index contributed by atoms with van der Waals surface area (Å²) < 4.78 is 13.0. The van der Waals surface area contributed by atoms with Crippen molar-refractivity contribution in [2.45, 2.75) is 0 Å². The Morgan fingerprint density at radius 1 is 1.13 bits per heavy atom. The van der Waals surface area contributed by atoms with E-state index in [2.05, 4.69) is 4.98 Å². The van der Waals surface area contributed by atoms with E-state index >= 15 is 0 Å². The quantitative estimate of drug-likeness (QED) is 0.748. The highest BCUT2D eigenvalue weighted by atomic mass is 19.1. The van der Waals surface area contributed by atoms with Gasteiger partial charge >= 0.3 is 0 Å². The van der Waals surface area contributed by atoms with Crippen LogP contribution in [0.2, 0.25) is 0 Å². The minimum Gasteiger partial charge on any atom is -0.505 e. The summed E-state index contributed by atoms with van der Waals surface area (Å²) >= 11 is 0. The molecular formula is C11H9FN2O. The molecule has 4 heteroatoms. The minimum absolute atomic E-state index is 0.359. The molecule has 0 unspecified atom stereocenters. The first-order valence-electron chi connectivity index (χ1n) is 4.37.